The molecular weight excluding hydrogens is 1150 g/mol. The molecule has 0 fully saturated rings. The van der Waals surface area contributed by atoms with Gasteiger partial charge in [-0.05, 0) is 143 Å². The maximum absolute atomic E-state index is 10.8. The molecule has 0 saturated heterocycles. The zero-order valence-electron chi connectivity index (χ0n) is 82.9. The summed E-state index contributed by atoms with van der Waals surface area (Å²) < 4.78 is 308. The molecule has 0 saturated carbocycles. The Labute approximate surface area is 591 Å². The number of aryl methyl sites for hydroxylation is 1. The fourth-order valence-corrected chi connectivity index (χ4v) is 15.4. The molecule has 15 aromatic rings. The normalized spacial score (nSPS) is 17.0. The standard InChI is InChI=1S/C87H72N4OSi/c1-60-50-84(88-58-79(60)62-30-15-9-16-31-62)91-80-45-24-23-42-77(80)78-48-47-70(57-82(78)91)92-69-34-26-33-68(56-69)89-59-90(85-75(61-28-13-8-14-29-61)43-27-44-76(85)65-51-66(86(2,3)4)55-67(52-65)87(5,6)7)81-49-46-64(54-83(81)89)63-32-25-41-74(53-63)93(71-35-17-10-18-36-71,72-37-19-11-20-38-72)73-39-21-12-22-40-73/h8-58H,1-7H3/i1D3,8D,9D,10D,11D,12D,13D,14D,15D,16D,17D,18D,19D,20D,21D,22D,25D,28D,29D,30D,31D,32D,35D,36D,37D,38D,39D,40D,41D,53D. The lowest BCUT2D eigenvalue weighted by molar-refractivity contribution is -0.571. The van der Waals surface area contributed by atoms with Crippen LogP contribution in [0.15, 0.2) is 309 Å². The predicted octanol–water partition coefficient (Wildman–Crippen LogP) is 18.9. The van der Waals surface area contributed by atoms with Crippen LogP contribution in [0.5, 0.6) is 11.5 Å². The molecule has 0 radical (unpaired) electrons. The molecule has 0 amide bonds. The van der Waals surface area contributed by atoms with E-state index in [0.717, 1.165) is 17.3 Å². The highest BCUT2D eigenvalue weighted by Gasteiger charge is 2.41. The van der Waals surface area contributed by atoms with Crippen molar-refractivity contribution < 1.29 is 53.2 Å². The van der Waals surface area contributed by atoms with Crippen LogP contribution in [0.2, 0.25) is 0 Å². The van der Waals surface area contributed by atoms with E-state index in [1.165, 1.54) is 28.8 Å². The molecule has 93 heavy (non-hydrogen) atoms. The van der Waals surface area contributed by atoms with Crippen molar-refractivity contribution in [3.63, 3.8) is 0 Å². The number of para-hydroxylation sites is 2. The molecule has 0 aliphatic rings. The van der Waals surface area contributed by atoms with Gasteiger partial charge >= 0.3 is 0 Å². The van der Waals surface area contributed by atoms with E-state index in [9.17, 15) is 24.7 Å². The third-order valence-electron chi connectivity index (χ3n) is 16.4. The van der Waals surface area contributed by atoms with Crippen LogP contribution >= 0.6 is 0 Å². The number of hydrogen-bond acceptors (Lipinski definition) is 2. The van der Waals surface area contributed by atoms with E-state index >= 15 is 0 Å². The van der Waals surface area contributed by atoms with Gasteiger partial charge in [0.1, 0.15) is 17.3 Å². The highest BCUT2D eigenvalue weighted by molar-refractivity contribution is 7.19. The van der Waals surface area contributed by atoms with Crippen molar-refractivity contribution in [1.82, 2.24) is 14.1 Å². The molecule has 0 aliphatic heterocycles. The van der Waals surface area contributed by atoms with Crippen LogP contribution in [0.1, 0.15) is 102 Å². The fourth-order valence-electron chi connectivity index (χ4n) is 11.8. The van der Waals surface area contributed by atoms with Crippen LogP contribution in [-0.2, 0) is 10.8 Å². The van der Waals surface area contributed by atoms with E-state index in [1.807, 2.05) is 59.7 Å². The predicted molar refractivity (Wildman–Crippen MR) is 390 cm³/mol. The zero-order chi connectivity index (χ0) is 91.2. The van der Waals surface area contributed by atoms with Gasteiger partial charge in [-0.3, -0.25) is 13.7 Å². The number of benzene rings is 12. The summed E-state index contributed by atoms with van der Waals surface area (Å²) in [6.45, 7) is 9.32. The number of hydrogen-bond donors (Lipinski definition) is 0. The van der Waals surface area contributed by atoms with Crippen LogP contribution in [0.4, 0.5) is 0 Å². The van der Waals surface area contributed by atoms with Crippen molar-refractivity contribution in [2.75, 3.05) is 0 Å². The minimum absolute atomic E-state index is 0.0625. The average molecular weight is 1250 g/mol. The second-order valence-corrected chi connectivity index (χ2v) is 27.7. The lowest BCUT2D eigenvalue weighted by atomic mass is 9.78. The molecule has 0 unspecified atom stereocenters. The number of aromatic nitrogens is 4. The summed E-state index contributed by atoms with van der Waals surface area (Å²) >= 11 is 0. The molecule has 15 rings (SSSR count). The van der Waals surface area contributed by atoms with Crippen molar-refractivity contribution in [2.24, 2.45) is 0 Å². The Hall–Kier alpha value is -10.9. The first-order chi connectivity index (χ1) is 58.5. The molecule has 0 bridgehead atoms. The number of fused-ring (bicyclic) bond motifs is 4. The topological polar surface area (TPSA) is 35.9 Å². The number of imidazole rings is 1. The van der Waals surface area contributed by atoms with Gasteiger partial charge in [0.2, 0.25) is 0 Å². The molecule has 3 aromatic heterocycles. The molecular formula is C87H72N4OSi. The summed E-state index contributed by atoms with van der Waals surface area (Å²) in [4.78, 5) is 4.73. The lowest BCUT2D eigenvalue weighted by Gasteiger charge is -2.34. The molecule has 0 atom stereocenters. The molecule has 0 N–H and O–H groups in total. The summed E-state index contributed by atoms with van der Waals surface area (Å²) in [6, 6.07) is 7.67. The van der Waals surface area contributed by atoms with Crippen molar-refractivity contribution in [3.05, 3.63) is 332 Å². The van der Waals surface area contributed by atoms with Crippen LogP contribution < -0.4 is 30.1 Å². The number of ether oxygens (including phenoxy) is 1. The Kier molecular flexibility index (Phi) is 8.39. The second-order valence-electron chi connectivity index (χ2n) is 24.2. The van der Waals surface area contributed by atoms with Crippen molar-refractivity contribution in [1.29, 1.82) is 0 Å². The first kappa shape index (κ1) is 32.9. The van der Waals surface area contributed by atoms with Gasteiger partial charge in [-0.2, -0.15) is 0 Å². The molecule has 3 heterocycles. The van der Waals surface area contributed by atoms with E-state index in [0.29, 0.717) is 32.9 Å². The number of pyridine rings is 1. The Morgan fingerprint density at radius 1 is 0.452 bits per heavy atom. The summed E-state index contributed by atoms with van der Waals surface area (Å²) in [5, 5.41) is -2.81. The van der Waals surface area contributed by atoms with Gasteiger partial charge in [-0.15, -0.1) is 0 Å². The van der Waals surface area contributed by atoms with E-state index in [1.54, 1.807) is 88.0 Å². The van der Waals surface area contributed by atoms with Crippen molar-refractivity contribution >= 4 is 61.7 Å². The summed E-state index contributed by atoms with van der Waals surface area (Å²) in [5.41, 5.74) is 1.51. The molecule has 5 nitrogen and oxygen atoms in total. The van der Waals surface area contributed by atoms with Gasteiger partial charge in [-0.25, -0.2) is 4.98 Å². The quantitative estimate of drug-likeness (QED) is 0.0499. The monoisotopic (exact) mass is 1250 g/mol. The van der Waals surface area contributed by atoms with E-state index in [-0.39, 0.29) is 73.1 Å². The lowest BCUT2D eigenvalue weighted by Crippen LogP contribution is -2.74. The summed E-state index contributed by atoms with van der Waals surface area (Å²) in [7, 11) is -6.36. The minimum atomic E-state index is -6.36. The molecule has 12 aromatic carbocycles. The number of nitrogens with zero attached hydrogens (tertiary/aromatic N) is 4. The first-order valence-electron chi connectivity index (χ1n) is 45.6. The molecule has 0 spiro atoms. The Morgan fingerprint density at radius 2 is 1.01 bits per heavy atom. The van der Waals surface area contributed by atoms with E-state index in [2.05, 4.69) is 12.4 Å². The average Bonchev–Trinajstić information content (AvgIpc) is 1.29. The highest BCUT2D eigenvalue weighted by Crippen LogP contribution is 2.41. The third kappa shape index (κ3) is 10.8. The highest BCUT2D eigenvalue weighted by atomic mass is 28.3. The van der Waals surface area contributed by atoms with Gasteiger partial charge in [0.05, 0.1) is 73.2 Å². The van der Waals surface area contributed by atoms with Gasteiger partial charge in [-0.1, -0.05) is 290 Å². The van der Waals surface area contributed by atoms with Gasteiger partial charge in [0, 0.05) is 32.7 Å². The second kappa shape index (κ2) is 23.7. The number of rotatable bonds is 13. The Bertz CT molecular complexity index is 6880. The first-order valence-corrected chi connectivity index (χ1v) is 31.6. The minimum Gasteiger partial charge on any atom is -0.458 e. The Morgan fingerprint density at radius 3 is 1.65 bits per heavy atom. The SMILES string of the molecule is [2H]c1c([2H])c([2H])c(-c2cnc(-n3c4ccccc4c4ccc(Oc5cccc(-n6[c-][n+](-c7c(-c8cc(C(C)(C)C)cc(C(C)(C)C)c8)cccc7-c7c([2H])c([2H])c([2H])c([2H])c7[2H])c7ccc(-c8c([2H])c([2H])c([2H])c([Si](c9c([2H])c([2H])c([2H])c([2H])c9[2H])(c9c([2H])c([2H])c([2H])c([2H])c9[2H])c9c([2H])c([2H])c([2H])c([2H])c9[2H])c8[2H])cc76)c5)cc43)cc2C([2H])([2H])[2H])c([2H])c1[2H]. The van der Waals surface area contributed by atoms with Crippen LogP contribution in [-0.4, -0.2) is 22.2 Å². The zero-order valence-corrected chi connectivity index (χ0v) is 51.9. The van der Waals surface area contributed by atoms with E-state index < -0.39 is 227 Å². The largest absolute Gasteiger partial charge is 0.458 e. The maximum Gasteiger partial charge on any atom is 0.269 e. The van der Waals surface area contributed by atoms with Gasteiger partial charge in [0.25, 0.3) is 6.33 Å². The van der Waals surface area contributed by atoms with E-state index in [4.69, 9.17) is 28.9 Å². The molecule has 0 aliphatic carbocycles. The smallest absolute Gasteiger partial charge is 0.269 e. The molecule has 6 heteroatoms. The molecule has 450 valence electrons. The van der Waals surface area contributed by atoms with Gasteiger partial charge in [0.15, 0.2) is 8.07 Å². The third-order valence-corrected chi connectivity index (χ3v) is 20.4. The summed E-state index contributed by atoms with van der Waals surface area (Å²) in [6.07, 6.45) is 4.68. The maximum atomic E-state index is 10.8. The summed E-state index contributed by atoms with van der Waals surface area (Å²) in [5.74, 6) is 0.384. The van der Waals surface area contributed by atoms with Crippen LogP contribution in [0.25, 0.3) is 94.5 Å². The van der Waals surface area contributed by atoms with Crippen LogP contribution in [0, 0.1) is 13.2 Å². The fraction of sp³-hybridized carbons (Fsp3) is 0.103. The van der Waals surface area contributed by atoms with Crippen LogP contribution in [0.3, 0.4) is 0 Å². The van der Waals surface area contributed by atoms with Crippen molar-refractivity contribution in [3.8, 4) is 73.2 Å². The Balaban J connectivity index is 1.04. The van der Waals surface area contributed by atoms with Crippen molar-refractivity contribution in [2.45, 2.75) is 59.2 Å². The van der Waals surface area contributed by atoms with Gasteiger partial charge < -0.3 is 4.74 Å².